The summed E-state index contributed by atoms with van der Waals surface area (Å²) in [6.07, 6.45) is 0.486. The Bertz CT molecular complexity index is 1040. The molecule has 0 aliphatic carbocycles. The molecule has 0 spiro atoms. The van der Waals surface area contributed by atoms with Gasteiger partial charge in [0, 0.05) is 44.8 Å². The van der Waals surface area contributed by atoms with Crippen molar-refractivity contribution in [3.63, 3.8) is 0 Å². The lowest BCUT2D eigenvalue weighted by Crippen LogP contribution is -2.47. The number of hydrogen-bond donors (Lipinski definition) is 1. The number of nitrogens with one attached hydrogen (secondary N) is 1. The number of piperazine rings is 1. The van der Waals surface area contributed by atoms with Crippen LogP contribution in [0.15, 0.2) is 54.6 Å². The van der Waals surface area contributed by atoms with Gasteiger partial charge in [-0.05, 0) is 50.6 Å². The van der Waals surface area contributed by atoms with E-state index >= 15 is 0 Å². The molecule has 2 heterocycles. The van der Waals surface area contributed by atoms with Crippen molar-refractivity contribution < 1.29 is 4.79 Å². The summed E-state index contributed by atoms with van der Waals surface area (Å²) < 4.78 is 1.88. The van der Waals surface area contributed by atoms with Crippen LogP contribution in [-0.2, 0) is 4.79 Å². The van der Waals surface area contributed by atoms with Crippen molar-refractivity contribution in [3.05, 3.63) is 71.5 Å². The van der Waals surface area contributed by atoms with Crippen molar-refractivity contribution in [2.24, 2.45) is 0 Å². The molecule has 3 aromatic rings. The van der Waals surface area contributed by atoms with E-state index in [1.54, 1.807) is 0 Å². The summed E-state index contributed by atoms with van der Waals surface area (Å²) in [4.78, 5) is 17.4. The minimum Gasteiger partial charge on any atom is -0.369 e. The average Bonchev–Trinajstić information content (AvgIpc) is 3.07. The SMILES string of the molecule is Cc1cccc(N2CCN(CCC(=O)Nc3c(C)nn(-c4ccccc4)c3C)CC2)c1. The molecule has 2 aromatic carbocycles. The van der Waals surface area contributed by atoms with E-state index in [2.05, 4.69) is 51.4 Å². The lowest BCUT2D eigenvalue weighted by Gasteiger charge is -2.36. The third kappa shape index (κ3) is 4.97. The Balaban J connectivity index is 1.29. The average molecular weight is 418 g/mol. The van der Waals surface area contributed by atoms with E-state index < -0.39 is 0 Å². The summed E-state index contributed by atoms with van der Waals surface area (Å²) in [5, 5.41) is 7.70. The molecule has 1 aliphatic heterocycles. The number of hydrogen-bond acceptors (Lipinski definition) is 4. The van der Waals surface area contributed by atoms with Crippen LogP contribution < -0.4 is 10.2 Å². The minimum absolute atomic E-state index is 0.0416. The van der Waals surface area contributed by atoms with E-state index in [4.69, 9.17) is 0 Å². The van der Waals surface area contributed by atoms with Gasteiger partial charge in [0.05, 0.1) is 22.8 Å². The molecule has 4 rings (SSSR count). The van der Waals surface area contributed by atoms with E-state index in [0.29, 0.717) is 6.42 Å². The minimum atomic E-state index is 0.0416. The second-order valence-corrected chi connectivity index (χ2v) is 8.26. The first-order valence-electron chi connectivity index (χ1n) is 11.0. The molecule has 6 heteroatoms. The number of aromatic nitrogens is 2. The zero-order chi connectivity index (χ0) is 21.8. The maximum Gasteiger partial charge on any atom is 0.225 e. The van der Waals surface area contributed by atoms with Crippen molar-refractivity contribution in [1.82, 2.24) is 14.7 Å². The van der Waals surface area contributed by atoms with E-state index in [1.165, 1.54) is 11.3 Å². The third-order valence-corrected chi connectivity index (χ3v) is 5.95. The van der Waals surface area contributed by atoms with Gasteiger partial charge in [-0.2, -0.15) is 5.10 Å². The van der Waals surface area contributed by atoms with Crippen LogP contribution in [0.4, 0.5) is 11.4 Å². The Morgan fingerprint density at radius 3 is 2.35 bits per heavy atom. The molecule has 162 valence electrons. The predicted molar refractivity (Wildman–Crippen MR) is 126 cm³/mol. The van der Waals surface area contributed by atoms with Gasteiger partial charge >= 0.3 is 0 Å². The Kier molecular flexibility index (Phi) is 6.37. The Labute approximate surface area is 184 Å². The fourth-order valence-corrected chi connectivity index (χ4v) is 4.16. The molecule has 1 aliphatic rings. The number of rotatable bonds is 6. The van der Waals surface area contributed by atoms with Crippen molar-refractivity contribution in [1.29, 1.82) is 0 Å². The first-order chi connectivity index (χ1) is 15.0. The molecule has 0 saturated carbocycles. The quantitative estimate of drug-likeness (QED) is 0.660. The number of para-hydroxylation sites is 1. The highest BCUT2D eigenvalue weighted by atomic mass is 16.1. The molecule has 1 aromatic heterocycles. The van der Waals surface area contributed by atoms with Crippen molar-refractivity contribution in [3.8, 4) is 5.69 Å². The van der Waals surface area contributed by atoms with Crippen molar-refractivity contribution in [2.75, 3.05) is 42.9 Å². The van der Waals surface area contributed by atoms with Crippen molar-refractivity contribution >= 4 is 17.3 Å². The molecule has 0 atom stereocenters. The van der Waals surface area contributed by atoms with E-state index in [1.807, 2.05) is 48.9 Å². The Hall–Kier alpha value is -3.12. The predicted octanol–water partition coefficient (Wildman–Crippen LogP) is 3.95. The van der Waals surface area contributed by atoms with E-state index in [9.17, 15) is 4.79 Å². The van der Waals surface area contributed by atoms with Crippen LogP contribution in [-0.4, -0.2) is 53.3 Å². The van der Waals surface area contributed by atoms with Gasteiger partial charge in [0.25, 0.3) is 0 Å². The summed E-state index contributed by atoms with van der Waals surface area (Å²) in [5.41, 5.74) is 6.18. The highest BCUT2D eigenvalue weighted by molar-refractivity contribution is 5.92. The molecule has 1 saturated heterocycles. The summed E-state index contributed by atoms with van der Waals surface area (Å²) in [7, 11) is 0. The number of carbonyl (C=O) groups is 1. The maximum absolute atomic E-state index is 12.6. The van der Waals surface area contributed by atoms with Crippen LogP contribution in [0, 0.1) is 20.8 Å². The van der Waals surface area contributed by atoms with Crippen LogP contribution in [0.5, 0.6) is 0 Å². The lowest BCUT2D eigenvalue weighted by atomic mass is 10.2. The molecule has 0 unspecified atom stereocenters. The van der Waals surface area contributed by atoms with Gasteiger partial charge in [-0.15, -0.1) is 0 Å². The summed E-state index contributed by atoms with van der Waals surface area (Å²) in [6, 6.07) is 18.7. The topological polar surface area (TPSA) is 53.4 Å². The standard InChI is InChI=1S/C25H31N5O/c1-19-8-7-11-23(18-19)29-16-14-28(15-17-29)13-12-24(31)26-25-20(2)27-30(21(25)3)22-9-5-4-6-10-22/h4-11,18H,12-17H2,1-3H3,(H,26,31). The largest absolute Gasteiger partial charge is 0.369 e. The number of amides is 1. The smallest absolute Gasteiger partial charge is 0.225 e. The first-order valence-corrected chi connectivity index (χ1v) is 11.0. The van der Waals surface area contributed by atoms with E-state index in [0.717, 1.165) is 55.5 Å². The van der Waals surface area contributed by atoms with Crippen molar-refractivity contribution in [2.45, 2.75) is 27.2 Å². The van der Waals surface area contributed by atoms with Crippen LogP contribution in [0.25, 0.3) is 5.69 Å². The van der Waals surface area contributed by atoms with Gasteiger partial charge in [-0.25, -0.2) is 4.68 Å². The molecule has 1 amide bonds. The highest BCUT2D eigenvalue weighted by Gasteiger charge is 2.19. The Morgan fingerprint density at radius 1 is 0.935 bits per heavy atom. The van der Waals surface area contributed by atoms with Gasteiger partial charge in [0.2, 0.25) is 5.91 Å². The third-order valence-electron chi connectivity index (χ3n) is 5.95. The van der Waals surface area contributed by atoms with Gasteiger partial charge in [-0.1, -0.05) is 30.3 Å². The fraction of sp³-hybridized carbons (Fsp3) is 0.360. The molecular formula is C25H31N5O. The number of carbonyl (C=O) groups excluding carboxylic acids is 1. The van der Waals surface area contributed by atoms with Crippen LogP contribution in [0.2, 0.25) is 0 Å². The molecule has 0 radical (unpaired) electrons. The highest BCUT2D eigenvalue weighted by Crippen LogP contribution is 2.23. The van der Waals surface area contributed by atoms with E-state index in [-0.39, 0.29) is 5.91 Å². The zero-order valence-electron chi connectivity index (χ0n) is 18.6. The fourth-order valence-electron chi connectivity index (χ4n) is 4.16. The van der Waals surface area contributed by atoms with Crippen LogP contribution in [0.1, 0.15) is 23.4 Å². The number of benzene rings is 2. The van der Waals surface area contributed by atoms with Gasteiger partial charge in [-0.3, -0.25) is 9.69 Å². The molecule has 1 fully saturated rings. The summed E-state index contributed by atoms with van der Waals surface area (Å²) in [5.74, 6) is 0.0416. The summed E-state index contributed by atoms with van der Waals surface area (Å²) >= 11 is 0. The second kappa shape index (κ2) is 9.35. The molecule has 0 bridgehead atoms. The molecule has 1 N–H and O–H groups in total. The zero-order valence-corrected chi connectivity index (χ0v) is 18.6. The number of anilines is 2. The summed E-state index contributed by atoms with van der Waals surface area (Å²) in [6.45, 7) is 10.8. The molecule has 6 nitrogen and oxygen atoms in total. The lowest BCUT2D eigenvalue weighted by molar-refractivity contribution is -0.116. The first kappa shape index (κ1) is 21.1. The van der Waals surface area contributed by atoms with Gasteiger partial charge in [0.15, 0.2) is 0 Å². The monoisotopic (exact) mass is 417 g/mol. The van der Waals surface area contributed by atoms with Crippen LogP contribution in [0.3, 0.4) is 0 Å². The van der Waals surface area contributed by atoms with Gasteiger partial charge in [0.1, 0.15) is 0 Å². The second-order valence-electron chi connectivity index (χ2n) is 8.26. The number of aryl methyl sites for hydroxylation is 2. The van der Waals surface area contributed by atoms with Gasteiger partial charge < -0.3 is 10.2 Å². The Morgan fingerprint density at radius 2 is 1.65 bits per heavy atom. The number of nitrogens with zero attached hydrogens (tertiary/aromatic N) is 4. The van der Waals surface area contributed by atoms with Crippen LogP contribution >= 0.6 is 0 Å². The maximum atomic E-state index is 12.6. The normalized spacial score (nSPS) is 14.6. The molecular weight excluding hydrogens is 386 g/mol. The molecule has 31 heavy (non-hydrogen) atoms.